The summed E-state index contributed by atoms with van der Waals surface area (Å²) in [6.45, 7) is 0.510. The van der Waals surface area contributed by atoms with Gasteiger partial charge in [-0.25, -0.2) is 0 Å². The Morgan fingerprint density at radius 1 is 1.52 bits per heavy atom. The van der Waals surface area contributed by atoms with Gasteiger partial charge in [0.15, 0.2) is 0 Å². The molecule has 1 amide bonds. The number of nitro groups is 1. The number of nitrogens with zero attached hydrogens (tertiary/aromatic N) is 2. The average Bonchev–Trinajstić information content (AvgIpc) is 2.43. The van der Waals surface area contributed by atoms with Crippen molar-refractivity contribution in [3.63, 3.8) is 0 Å². The molecule has 1 aliphatic rings. The number of thioether (sulfide) groups is 1. The Kier molecular flexibility index (Phi) is 4.84. The lowest BCUT2D eigenvalue weighted by Crippen LogP contribution is -2.39. The summed E-state index contributed by atoms with van der Waals surface area (Å²) in [7, 11) is 1.64. The van der Waals surface area contributed by atoms with Gasteiger partial charge in [-0.15, -0.1) is 11.8 Å². The minimum Gasteiger partial charge on any atom is -0.393 e. The molecule has 0 radical (unpaired) electrons. The molecule has 0 aliphatic heterocycles. The zero-order valence-electron chi connectivity index (χ0n) is 12.0. The molecule has 0 saturated heterocycles. The number of hydrogen-bond donors (Lipinski definition) is 1. The first-order valence-corrected chi connectivity index (χ1v) is 7.90. The van der Waals surface area contributed by atoms with E-state index in [1.807, 2.05) is 6.26 Å². The van der Waals surface area contributed by atoms with Gasteiger partial charge in [0.2, 0.25) is 0 Å². The van der Waals surface area contributed by atoms with Crippen molar-refractivity contribution in [2.24, 2.45) is 5.92 Å². The highest BCUT2D eigenvalue weighted by Crippen LogP contribution is 2.29. The van der Waals surface area contributed by atoms with E-state index in [2.05, 4.69) is 0 Å². The lowest BCUT2D eigenvalue weighted by Gasteiger charge is -2.34. The van der Waals surface area contributed by atoms with Crippen LogP contribution in [0, 0.1) is 16.0 Å². The van der Waals surface area contributed by atoms with E-state index in [0.717, 1.165) is 4.90 Å². The van der Waals surface area contributed by atoms with Crippen molar-refractivity contribution >= 4 is 23.4 Å². The van der Waals surface area contributed by atoms with Crippen LogP contribution in [0.2, 0.25) is 0 Å². The fourth-order valence-electron chi connectivity index (χ4n) is 2.50. The molecule has 0 atom stereocenters. The van der Waals surface area contributed by atoms with Crippen LogP contribution in [0.5, 0.6) is 0 Å². The molecule has 6 nitrogen and oxygen atoms in total. The number of hydrogen-bond acceptors (Lipinski definition) is 5. The molecule has 1 fully saturated rings. The number of carbonyl (C=O) groups is 1. The highest BCUT2D eigenvalue weighted by Gasteiger charge is 2.31. The molecule has 1 N–H and O–H groups in total. The Balaban J connectivity index is 2.18. The van der Waals surface area contributed by atoms with E-state index in [9.17, 15) is 20.0 Å². The number of nitro benzene ring substituents is 1. The van der Waals surface area contributed by atoms with Crippen LogP contribution >= 0.6 is 11.8 Å². The predicted molar refractivity (Wildman–Crippen MR) is 80.6 cm³/mol. The van der Waals surface area contributed by atoms with Crippen LogP contribution in [0.25, 0.3) is 0 Å². The minimum atomic E-state index is -0.529. The van der Waals surface area contributed by atoms with Gasteiger partial charge in [-0.1, -0.05) is 0 Å². The van der Waals surface area contributed by atoms with E-state index >= 15 is 0 Å². The zero-order valence-corrected chi connectivity index (χ0v) is 12.8. The first kappa shape index (κ1) is 15.8. The zero-order chi connectivity index (χ0) is 15.6. The molecule has 7 heteroatoms. The van der Waals surface area contributed by atoms with Crippen LogP contribution in [0.15, 0.2) is 23.1 Å². The summed E-state index contributed by atoms with van der Waals surface area (Å²) in [5.41, 5.74) is -0.0486. The highest BCUT2D eigenvalue weighted by molar-refractivity contribution is 7.98. The first-order valence-electron chi connectivity index (χ1n) is 6.68. The molecular formula is C14H18N2O4S. The maximum absolute atomic E-state index is 12.4. The molecule has 1 saturated carbocycles. The molecular weight excluding hydrogens is 292 g/mol. The van der Waals surface area contributed by atoms with Gasteiger partial charge >= 0.3 is 0 Å². The standard InChI is InChI=1S/C14H18N2O4S/c1-15(8-9-5-10(17)6-9)14(18)12-7-11(21-2)3-4-13(12)16(19)20/h3-4,7,9-10,17H,5-6,8H2,1-2H3. The topological polar surface area (TPSA) is 83.7 Å². The summed E-state index contributed by atoms with van der Waals surface area (Å²) in [4.78, 5) is 25.3. The van der Waals surface area contributed by atoms with Gasteiger partial charge < -0.3 is 10.0 Å². The Bertz CT molecular complexity index is 558. The molecule has 2 rings (SSSR count). The van der Waals surface area contributed by atoms with Crippen LogP contribution < -0.4 is 0 Å². The van der Waals surface area contributed by atoms with E-state index in [-0.39, 0.29) is 29.2 Å². The van der Waals surface area contributed by atoms with Crippen molar-refractivity contribution in [1.82, 2.24) is 4.90 Å². The third kappa shape index (κ3) is 3.54. The Labute approximate surface area is 127 Å². The van der Waals surface area contributed by atoms with E-state index in [1.165, 1.54) is 22.7 Å². The van der Waals surface area contributed by atoms with Crippen molar-refractivity contribution in [2.75, 3.05) is 19.8 Å². The van der Waals surface area contributed by atoms with Crippen molar-refractivity contribution in [3.8, 4) is 0 Å². The fraction of sp³-hybridized carbons (Fsp3) is 0.500. The van der Waals surface area contributed by atoms with E-state index < -0.39 is 4.92 Å². The summed E-state index contributed by atoms with van der Waals surface area (Å²) >= 11 is 1.44. The number of benzene rings is 1. The van der Waals surface area contributed by atoms with Gasteiger partial charge in [0.1, 0.15) is 5.56 Å². The van der Waals surface area contributed by atoms with Crippen molar-refractivity contribution in [3.05, 3.63) is 33.9 Å². The first-order chi connectivity index (χ1) is 9.92. The molecule has 21 heavy (non-hydrogen) atoms. The van der Waals surface area contributed by atoms with Crippen LogP contribution in [0.4, 0.5) is 5.69 Å². The quantitative estimate of drug-likeness (QED) is 0.512. The van der Waals surface area contributed by atoms with Gasteiger partial charge in [0.05, 0.1) is 11.0 Å². The number of aliphatic hydroxyl groups excluding tert-OH is 1. The number of carbonyl (C=O) groups excluding carboxylic acids is 1. The van der Waals surface area contributed by atoms with Crippen molar-refractivity contribution in [1.29, 1.82) is 0 Å². The highest BCUT2D eigenvalue weighted by atomic mass is 32.2. The second kappa shape index (κ2) is 6.44. The van der Waals surface area contributed by atoms with E-state index in [1.54, 1.807) is 19.2 Å². The number of amides is 1. The van der Waals surface area contributed by atoms with Crippen LogP contribution in [-0.4, -0.2) is 46.8 Å². The lowest BCUT2D eigenvalue weighted by atomic mass is 9.82. The molecule has 0 heterocycles. The summed E-state index contributed by atoms with van der Waals surface area (Å²) in [5.74, 6) is -0.0734. The second-order valence-corrected chi connectivity index (χ2v) is 6.20. The monoisotopic (exact) mass is 310 g/mol. The van der Waals surface area contributed by atoms with Crippen LogP contribution in [0.1, 0.15) is 23.2 Å². The smallest absolute Gasteiger partial charge is 0.282 e. The number of aliphatic hydroxyl groups is 1. The Hall–Kier alpha value is -1.60. The minimum absolute atomic E-state index is 0.120. The Morgan fingerprint density at radius 2 is 2.19 bits per heavy atom. The average molecular weight is 310 g/mol. The van der Waals surface area contributed by atoms with Gasteiger partial charge in [-0.2, -0.15) is 0 Å². The lowest BCUT2D eigenvalue weighted by molar-refractivity contribution is -0.385. The van der Waals surface area contributed by atoms with Gasteiger partial charge in [0, 0.05) is 24.6 Å². The van der Waals surface area contributed by atoms with Crippen molar-refractivity contribution in [2.45, 2.75) is 23.8 Å². The van der Waals surface area contributed by atoms with Gasteiger partial charge in [-0.05, 0) is 37.1 Å². The van der Waals surface area contributed by atoms with E-state index in [4.69, 9.17) is 0 Å². The molecule has 1 aromatic carbocycles. The van der Waals surface area contributed by atoms with Crippen LogP contribution in [0.3, 0.4) is 0 Å². The SMILES string of the molecule is CSc1ccc([N+](=O)[O-])c(C(=O)N(C)CC2CC(O)C2)c1. The van der Waals surface area contributed by atoms with Crippen molar-refractivity contribution < 1.29 is 14.8 Å². The fourth-order valence-corrected chi connectivity index (χ4v) is 2.94. The third-order valence-electron chi connectivity index (χ3n) is 3.72. The molecule has 0 unspecified atom stereocenters. The summed E-state index contributed by atoms with van der Waals surface area (Å²) in [5, 5.41) is 20.4. The maximum Gasteiger partial charge on any atom is 0.282 e. The van der Waals surface area contributed by atoms with Crippen LogP contribution in [-0.2, 0) is 0 Å². The molecule has 114 valence electrons. The largest absolute Gasteiger partial charge is 0.393 e. The Morgan fingerprint density at radius 3 is 2.71 bits per heavy atom. The molecule has 1 aliphatic carbocycles. The van der Waals surface area contributed by atoms with Gasteiger partial charge in [-0.3, -0.25) is 14.9 Å². The molecule has 0 spiro atoms. The molecule has 1 aromatic rings. The molecule has 0 aromatic heterocycles. The summed E-state index contributed by atoms with van der Waals surface area (Å²) in [6, 6.07) is 4.58. The third-order valence-corrected chi connectivity index (χ3v) is 4.45. The predicted octanol–water partition coefficient (Wildman–Crippen LogP) is 2.16. The normalized spacial score (nSPS) is 20.7. The number of rotatable bonds is 5. The summed E-state index contributed by atoms with van der Waals surface area (Å²) < 4.78 is 0. The van der Waals surface area contributed by atoms with E-state index in [0.29, 0.717) is 19.4 Å². The molecule has 0 bridgehead atoms. The summed E-state index contributed by atoms with van der Waals surface area (Å²) in [6.07, 6.45) is 2.96. The maximum atomic E-state index is 12.4. The van der Waals surface area contributed by atoms with Gasteiger partial charge in [0.25, 0.3) is 11.6 Å². The second-order valence-electron chi connectivity index (χ2n) is 5.32.